The van der Waals surface area contributed by atoms with Crippen LogP contribution in [0.5, 0.6) is 5.75 Å². The van der Waals surface area contributed by atoms with Crippen LogP contribution < -0.4 is 10.5 Å². The molecule has 1 aliphatic heterocycles. The third kappa shape index (κ3) is 2.72. The van der Waals surface area contributed by atoms with Crippen LogP contribution in [0, 0.1) is 0 Å². The largest absolute Gasteiger partial charge is 0.497 e. The standard InChI is InChI=1S/C12H17NO3/c1-14-10-4-2-9(3-5-10)6-12-15-8-11(7-13)16-12/h2-5,11-12H,6-8,13H2,1H3. The summed E-state index contributed by atoms with van der Waals surface area (Å²) in [5, 5.41) is 0. The summed E-state index contributed by atoms with van der Waals surface area (Å²) in [4.78, 5) is 0. The maximum Gasteiger partial charge on any atom is 0.162 e. The maximum absolute atomic E-state index is 5.59. The smallest absolute Gasteiger partial charge is 0.162 e. The van der Waals surface area contributed by atoms with Crippen LogP contribution in [0.15, 0.2) is 24.3 Å². The van der Waals surface area contributed by atoms with Gasteiger partial charge >= 0.3 is 0 Å². The maximum atomic E-state index is 5.59. The minimum atomic E-state index is -0.165. The van der Waals surface area contributed by atoms with Crippen molar-refractivity contribution >= 4 is 0 Å². The van der Waals surface area contributed by atoms with E-state index in [9.17, 15) is 0 Å². The Balaban J connectivity index is 1.89. The van der Waals surface area contributed by atoms with Crippen molar-refractivity contribution in [2.75, 3.05) is 20.3 Å². The summed E-state index contributed by atoms with van der Waals surface area (Å²) < 4.78 is 16.2. The molecule has 2 unspecified atom stereocenters. The molecule has 0 aromatic heterocycles. The SMILES string of the molecule is COc1ccc(CC2OCC(CN)O2)cc1. The fourth-order valence-corrected chi connectivity index (χ4v) is 1.69. The lowest BCUT2D eigenvalue weighted by atomic mass is 10.1. The highest BCUT2D eigenvalue weighted by atomic mass is 16.7. The Morgan fingerprint density at radius 1 is 1.38 bits per heavy atom. The number of ether oxygens (including phenoxy) is 3. The van der Waals surface area contributed by atoms with E-state index >= 15 is 0 Å². The minimum absolute atomic E-state index is 0.0447. The van der Waals surface area contributed by atoms with E-state index in [1.165, 1.54) is 5.56 Å². The summed E-state index contributed by atoms with van der Waals surface area (Å²) in [6.45, 7) is 1.11. The number of hydrogen-bond acceptors (Lipinski definition) is 4. The summed E-state index contributed by atoms with van der Waals surface area (Å²) in [7, 11) is 1.66. The van der Waals surface area contributed by atoms with Crippen LogP contribution in [0.2, 0.25) is 0 Å². The van der Waals surface area contributed by atoms with Gasteiger partial charge in [0, 0.05) is 13.0 Å². The van der Waals surface area contributed by atoms with Gasteiger partial charge in [0.2, 0.25) is 0 Å². The highest BCUT2D eigenvalue weighted by molar-refractivity contribution is 5.27. The van der Waals surface area contributed by atoms with Crippen molar-refractivity contribution in [1.29, 1.82) is 0 Å². The Kier molecular flexibility index (Phi) is 3.77. The van der Waals surface area contributed by atoms with Crippen molar-refractivity contribution in [3.8, 4) is 5.75 Å². The highest BCUT2D eigenvalue weighted by Gasteiger charge is 2.24. The number of hydrogen-bond donors (Lipinski definition) is 1. The molecule has 2 atom stereocenters. The lowest BCUT2D eigenvalue weighted by Gasteiger charge is -2.10. The molecule has 1 aromatic rings. The molecule has 4 nitrogen and oxygen atoms in total. The molecule has 0 spiro atoms. The average molecular weight is 223 g/mol. The van der Waals surface area contributed by atoms with Crippen molar-refractivity contribution in [3.63, 3.8) is 0 Å². The third-order valence-corrected chi connectivity index (χ3v) is 2.64. The summed E-state index contributed by atoms with van der Waals surface area (Å²) >= 11 is 0. The lowest BCUT2D eigenvalue weighted by Crippen LogP contribution is -2.23. The zero-order valence-corrected chi connectivity index (χ0v) is 9.39. The Morgan fingerprint density at radius 2 is 2.12 bits per heavy atom. The van der Waals surface area contributed by atoms with Crippen molar-refractivity contribution in [2.45, 2.75) is 18.8 Å². The molecule has 4 heteroatoms. The van der Waals surface area contributed by atoms with Gasteiger partial charge in [-0.1, -0.05) is 12.1 Å². The second kappa shape index (κ2) is 5.30. The third-order valence-electron chi connectivity index (χ3n) is 2.64. The molecule has 2 rings (SSSR count). The van der Waals surface area contributed by atoms with Crippen molar-refractivity contribution < 1.29 is 14.2 Å². The summed E-state index contributed by atoms with van der Waals surface area (Å²) in [6, 6.07) is 7.90. The summed E-state index contributed by atoms with van der Waals surface area (Å²) in [6.07, 6.45) is 0.630. The van der Waals surface area contributed by atoms with E-state index in [1.54, 1.807) is 7.11 Å². The zero-order chi connectivity index (χ0) is 11.4. The highest BCUT2D eigenvalue weighted by Crippen LogP contribution is 2.18. The first-order valence-electron chi connectivity index (χ1n) is 5.42. The van der Waals surface area contributed by atoms with E-state index in [1.807, 2.05) is 24.3 Å². The van der Waals surface area contributed by atoms with E-state index in [0.717, 1.165) is 12.2 Å². The van der Waals surface area contributed by atoms with Crippen molar-refractivity contribution in [3.05, 3.63) is 29.8 Å². The molecule has 1 aliphatic rings. The fraction of sp³-hybridized carbons (Fsp3) is 0.500. The quantitative estimate of drug-likeness (QED) is 0.825. The van der Waals surface area contributed by atoms with Gasteiger partial charge in [0.1, 0.15) is 5.75 Å². The monoisotopic (exact) mass is 223 g/mol. The Hall–Kier alpha value is -1.10. The predicted molar refractivity (Wildman–Crippen MR) is 60.4 cm³/mol. The van der Waals surface area contributed by atoms with Crippen LogP contribution in [-0.2, 0) is 15.9 Å². The van der Waals surface area contributed by atoms with Crippen LogP contribution in [-0.4, -0.2) is 32.7 Å². The molecular weight excluding hydrogens is 206 g/mol. The zero-order valence-electron chi connectivity index (χ0n) is 9.39. The molecule has 88 valence electrons. The molecule has 0 saturated carbocycles. The molecule has 1 fully saturated rings. The van der Waals surface area contributed by atoms with Crippen LogP contribution in [0.25, 0.3) is 0 Å². The van der Waals surface area contributed by atoms with Gasteiger partial charge < -0.3 is 19.9 Å². The molecule has 0 bridgehead atoms. The minimum Gasteiger partial charge on any atom is -0.497 e. The second-order valence-corrected chi connectivity index (χ2v) is 3.81. The number of benzene rings is 1. The molecule has 0 aliphatic carbocycles. The molecule has 0 amide bonds. The molecule has 1 heterocycles. The van der Waals surface area contributed by atoms with Crippen molar-refractivity contribution in [2.24, 2.45) is 5.73 Å². The van der Waals surface area contributed by atoms with Gasteiger partial charge in [0.15, 0.2) is 6.29 Å². The van der Waals surface area contributed by atoms with Crippen LogP contribution in [0.4, 0.5) is 0 Å². The van der Waals surface area contributed by atoms with Gasteiger partial charge in [0.25, 0.3) is 0 Å². The van der Waals surface area contributed by atoms with Gasteiger partial charge in [-0.15, -0.1) is 0 Å². The number of nitrogens with two attached hydrogens (primary N) is 1. The Bertz CT molecular complexity index is 326. The lowest BCUT2D eigenvalue weighted by molar-refractivity contribution is -0.0541. The first kappa shape index (κ1) is 11.4. The first-order valence-corrected chi connectivity index (χ1v) is 5.42. The molecule has 1 aromatic carbocycles. The van der Waals surface area contributed by atoms with Crippen LogP contribution in [0.3, 0.4) is 0 Å². The summed E-state index contributed by atoms with van der Waals surface area (Å²) in [5.74, 6) is 0.858. The van der Waals surface area contributed by atoms with E-state index in [0.29, 0.717) is 13.2 Å². The Morgan fingerprint density at radius 3 is 2.69 bits per heavy atom. The predicted octanol–water partition coefficient (Wildman–Crippen LogP) is 0.938. The molecule has 2 N–H and O–H groups in total. The Labute approximate surface area is 95.3 Å². The molecule has 0 radical (unpaired) electrons. The van der Waals surface area contributed by atoms with E-state index in [-0.39, 0.29) is 12.4 Å². The summed E-state index contributed by atoms with van der Waals surface area (Å²) in [5.41, 5.74) is 6.68. The van der Waals surface area contributed by atoms with Crippen LogP contribution in [0.1, 0.15) is 5.56 Å². The molecule has 16 heavy (non-hydrogen) atoms. The average Bonchev–Trinajstić information content (AvgIpc) is 2.78. The van der Waals surface area contributed by atoms with Gasteiger partial charge in [-0.2, -0.15) is 0 Å². The van der Waals surface area contributed by atoms with E-state index < -0.39 is 0 Å². The van der Waals surface area contributed by atoms with Crippen LogP contribution >= 0.6 is 0 Å². The van der Waals surface area contributed by atoms with E-state index in [4.69, 9.17) is 19.9 Å². The second-order valence-electron chi connectivity index (χ2n) is 3.81. The normalized spacial score (nSPS) is 24.6. The number of methoxy groups -OCH3 is 1. The number of rotatable bonds is 4. The van der Waals surface area contributed by atoms with Crippen molar-refractivity contribution in [1.82, 2.24) is 0 Å². The van der Waals surface area contributed by atoms with Gasteiger partial charge in [-0.25, -0.2) is 0 Å². The first-order chi connectivity index (χ1) is 7.81. The van der Waals surface area contributed by atoms with Gasteiger partial charge in [-0.05, 0) is 17.7 Å². The molecule has 1 saturated heterocycles. The van der Waals surface area contributed by atoms with Gasteiger partial charge in [-0.3, -0.25) is 0 Å². The fourth-order valence-electron chi connectivity index (χ4n) is 1.69. The molecular formula is C12H17NO3. The van der Waals surface area contributed by atoms with Gasteiger partial charge in [0.05, 0.1) is 19.8 Å². The van der Waals surface area contributed by atoms with E-state index in [2.05, 4.69) is 0 Å². The topological polar surface area (TPSA) is 53.7 Å².